The summed E-state index contributed by atoms with van der Waals surface area (Å²) in [5, 5.41) is 1.89. The third-order valence-electron chi connectivity index (χ3n) is 3.54. The Bertz CT molecular complexity index is 1120. The zero-order chi connectivity index (χ0) is 15.9. The highest BCUT2D eigenvalue weighted by Gasteiger charge is 2.15. The fraction of sp³-hybridized carbons (Fsp3) is 0. The van der Waals surface area contributed by atoms with E-state index in [-0.39, 0.29) is 4.90 Å². The van der Waals surface area contributed by atoms with Crippen molar-refractivity contribution in [2.75, 3.05) is 4.72 Å². The molecule has 0 radical (unpaired) electrons. The fourth-order valence-electron chi connectivity index (χ4n) is 2.39. The van der Waals surface area contributed by atoms with Crippen molar-refractivity contribution in [3.63, 3.8) is 0 Å². The lowest BCUT2D eigenvalue weighted by Gasteiger charge is -2.09. The third kappa shape index (κ3) is 2.64. The van der Waals surface area contributed by atoms with Crippen LogP contribution in [-0.2, 0) is 10.0 Å². The molecule has 1 heterocycles. The first kappa shape index (κ1) is 14.1. The van der Waals surface area contributed by atoms with Gasteiger partial charge in [-0.3, -0.25) is 4.72 Å². The van der Waals surface area contributed by atoms with E-state index >= 15 is 0 Å². The first-order valence-electron chi connectivity index (χ1n) is 6.86. The zero-order valence-corrected chi connectivity index (χ0v) is 13.4. The molecular weight excluding hydrogens is 330 g/mol. The van der Waals surface area contributed by atoms with Crippen LogP contribution >= 0.6 is 11.7 Å². The van der Waals surface area contributed by atoms with Crippen LogP contribution < -0.4 is 4.72 Å². The molecule has 0 unspecified atom stereocenters. The molecule has 114 valence electrons. The summed E-state index contributed by atoms with van der Waals surface area (Å²) in [6, 6.07) is 17.8. The predicted octanol–water partition coefficient (Wildman–Crippen LogP) is 3.65. The van der Waals surface area contributed by atoms with Gasteiger partial charge in [0.05, 0.1) is 22.3 Å². The molecule has 4 rings (SSSR count). The van der Waals surface area contributed by atoms with Gasteiger partial charge in [-0.05, 0) is 41.1 Å². The summed E-state index contributed by atoms with van der Waals surface area (Å²) in [6.07, 6.45) is 0. The molecule has 23 heavy (non-hydrogen) atoms. The normalized spacial score (nSPS) is 11.8. The van der Waals surface area contributed by atoms with Crippen LogP contribution in [0.5, 0.6) is 0 Å². The third-order valence-corrected chi connectivity index (χ3v) is 5.47. The van der Waals surface area contributed by atoms with Crippen molar-refractivity contribution in [1.29, 1.82) is 0 Å². The van der Waals surface area contributed by atoms with E-state index in [9.17, 15) is 8.42 Å². The summed E-state index contributed by atoms with van der Waals surface area (Å²) in [5.74, 6) is 0. The van der Waals surface area contributed by atoms with Crippen LogP contribution in [0.1, 0.15) is 0 Å². The number of aromatic nitrogens is 2. The van der Waals surface area contributed by atoms with Crippen molar-refractivity contribution in [3.8, 4) is 0 Å². The van der Waals surface area contributed by atoms with E-state index in [1.54, 1.807) is 36.4 Å². The highest BCUT2D eigenvalue weighted by molar-refractivity contribution is 7.92. The van der Waals surface area contributed by atoms with Gasteiger partial charge in [0.25, 0.3) is 10.0 Å². The molecule has 5 nitrogen and oxygen atoms in total. The minimum atomic E-state index is -3.65. The van der Waals surface area contributed by atoms with Crippen LogP contribution in [0.4, 0.5) is 5.69 Å². The molecule has 0 atom stereocenters. The second-order valence-electron chi connectivity index (χ2n) is 5.08. The average Bonchev–Trinajstić information content (AvgIpc) is 3.01. The molecule has 0 spiro atoms. The molecule has 0 bridgehead atoms. The van der Waals surface area contributed by atoms with Gasteiger partial charge < -0.3 is 0 Å². The Morgan fingerprint density at radius 2 is 1.61 bits per heavy atom. The van der Waals surface area contributed by atoms with Crippen molar-refractivity contribution in [2.24, 2.45) is 0 Å². The molecule has 1 aromatic heterocycles. The molecule has 7 heteroatoms. The van der Waals surface area contributed by atoms with Gasteiger partial charge in [0.2, 0.25) is 0 Å². The van der Waals surface area contributed by atoms with Gasteiger partial charge in [0.1, 0.15) is 11.0 Å². The van der Waals surface area contributed by atoms with Crippen LogP contribution in [-0.4, -0.2) is 17.2 Å². The van der Waals surface area contributed by atoms with Crippen LogP contribution in [0.15, 0.2) is 65.6 Å². The van der Waals surface area contributed by atoms with Gasteiger partial charge in [-0.25, -0.2) is 8.42 Å². The van der Waals surface area contributed by atoms with Crippen LogP contribution in [0.25, 0.3) is 21.8 Å². The molecule has 0 aliphatic rings. The Hall–Kier alpha value is -2.51. The summed E-state index contributed by atoms with van der Waals surface area (Å²) >= 11 is 1.10. The van der Waals surface area contributed by atoms with Crippen molar-refractivity contribution < 1.29 is 8.42 Å². The van der Waals surface area contributed by atoms with Gasteiger partial charge in [0, 0.05) is 0 Å². The van der Waals surface area contributed by atoms with E-state index in [4.69, 9.17) is 0 Å². The maximum Gasteiger partial charge on any atom is 0.261 e. The quantitative estimate of drug-likeness (QED) is 0.617. The molecule has 0 saturated carbocycles. The lowest BCUT2D eigenvalue weighted by molar-refractivity contribution is 0.601. The summed E-state index contributed by atoms with van der Waals surface area (Å²) < 4.78 is 36.0. The van der Waals surface area contributed by atoms with Crippen molar-refractivity contribution >= 4 is 49.2 Å². The summed E-state index contributed by atoms with van der Waals surface area (Å²) in [6.45, 7) is 0. The molecule has 0 saturated heterocycles. The highest BCUT2D eigenvalue weighted by Crippen LogP contribution is 2.23. The monoisotopic (exact) mass is 341 g/mol. The number of sulfonamides is 1. The number of rotatable bonds is 3. The number of fused-ring (bicyclic) bond motifs is 2. The highest BCUT2D eigenvalue weighted by atomic mass is 32.2. The van der Waals surface area contributed by atoms with Gasteiger partial charge >= 0.3 is 0 Å². The van der Waals surface area contributed by atoms with Crippen molar-refractivity contribution in [2.45, 2.75) is 4.90 Å². The lowest BCUT2D eigenvalue weighted by atomic mass is 10.1. The second kappa shape index (κ2) is 5.29. The fourth-order valence-corrected chi connectivity index (χ4v) is 4.00. The SMILES string of the molecule is O=S(=O)(Nc1ccc2nsnc2c1)c1ccc2ccccc2c1. The maximum absolute atomic E-state index is 12.6. The molecule has 3 aromatic carbocycles. The van der Waals surface area contributed by atoms with E-state index in [0.717, 1.165) is 28.0 Å². The smallest absolute Gasteiger partial charge is 0.261 e. The van der Waals surface area contributed by atoms with Gasteiger partial charge in [-0.1, -0.05) is 30.3 Å². The Morgan fingerprint density at radius 3 is 2.48 bits per heavy atom. The van der Waals surface area contributed by atoms with Crippen LogP contribution in [0.3, 0.4) is 0 Å². The zero-order valence-electron chi connectivity index (χ0n) is 11.8. The van der Waals surface area contributed by atoms with Gasteiger partial charge in [0.15, 0.2) is 0 Å². The molecule has 0 aliphatic heterocycles. The summed E-state index contributed by atoms with van der Waals surface area (Å²) in [4.78, 5) is 0.229. The summed E-state index contributed by atoms with van der Waals surface area (Å²) in [7, 11) is -3.65. The first-order valence-corrected chi connectivity index (χ1v) is 9.07. The number of nitrogens with one attached hydrogen (secondary N) is 1. The Balaban J connectivity index is 1.73. The van der Waals surface area contributed by atoms with E-state index < -0.39 is 10.0 Å². The van der Waals surface area contributed by atoms with E-state index in [2.05, 4.69) is 13.5 Å². The second-order valence-corrected chi connectivity index (χ2v) is 7.29. The number of hydrogen-bond acceptors (Lipinski definition) is 5. The largest absolute Gasteiger partial charge is 0.280 e. The van der Waals surface area contributed by atoms with Crippen LogP contribution in [0, 0.1) is 0 Å². The van der Waals surface area contributed by atoms with Gasteiger partial charge in [-0.2, -0.15) is 8.75 Å². The maximum atomic E-state index is 12.6. The van der Waals surface area contributed by atoms with E-state index in [1.165, 1.54) is 0 Å². The molecular formula is C16H11N3O2S2. The lowest BCUT2D eigenvalue weighted by Crippen LogP contribution is -2.12. The Morgan fingerprint density at radius 1 is 0.826 bits per heavy atom. The summed E-state index contributed by atoms with van der Waals surface area (Å²) in [5.41, 5.74) is 1.90. The Labute approximate surface area is 137 Å². The van der Waals surface area contributed by atoms with E-state index in [0.29, 0.717) is 11.2 Å². The number of nitrogens with zero attached hydrogens (tertiary/aromatic N) is 2. The number of anilines is 1. The first-order chi connectivity index (χ1) is 11.1. The molecule has 4 aromatic rings. The van der Waals surface area contributed by atoms with Crippen LogP contribution in [0.2, 0.25) is 0 Å². The minimum Gasteiger partial charge on any atom is -0.280 e. The molecule has 0 aliphatic carbocycles. The number of benzene rings is 3. The molecule has 1 N–H and O–H groups in total. The predicted molar refractivity (Wildman–Crippen MR) is 92.2 cm³/mol. The number of hydrogen-bond donors (Lipinski definition) is 1. The van der Waals surface area contributed by atoms with Crippen molar-refractivity contribution in [1.82, 2.24) is 8.75 Å². The molecule has 0 amide bonds. The minimum absolute atomic E-state index is 0.229. The Kier molecular flexibility index (Phi) is 3.24. The van der Waals surface area contributed by atoms with Crippen molar-refractivity contribution in [3.05, 3.63) is 60.7 Å². The topological polar surface area (TPSA) is 72.0 Å². The standard InChI is InChI=1S/C16H11N3O2S2/c20-23(21,14-7-5-11-3-1-2-4-12(11)9-14)19-13-6-8-15-16(10-13)18-22-17-15/h1-10,19H. The van der Waals surface area contributed by atoms with E-state index in [1.807, 2.05) is 24.3 Å². The molecule has 0 fully saturated rings. The van der Waals surface area contributed by atoms with Gasteiger partial charge in [-0.15, -0.1) is 0 Å². The average molecular weight is 341 g/mol.